The van der Waals surface area contributed by atoms with Gasteiger partial charge in [0, 0.05) is 34.7 Å². The Hall–Kier alpha value is -4.17. The van der Waals surface area contributed by atoms with Crippen LogP contribution in [-0.4, -0.2) is 56.9 Å². The number of aromatic nitrogens is 1. The minimum Gasteiger partial charge on any atom is -0.619 e. The number of pyridine rings is 1. The zero-order valence-electron chi connectivity index (χ0n) is 27.7. The largest absolute Gasteiger partial charge is 0.619 e. The molecular weight excluding hydrogens is 727 g/mol. The van der Waals surface area contributed by atoms with E-state index < -0.39 is 24.6 Å². The Morgan fingerprint density at radius 2 is 1.73 bits per heavy atom. The van der Waals surface area contributed by atoms with Crippen LogP contribution in [0, 0.1) is 11.1 Å². The Balaban J connectivity index is 1.25. The smallest absolute Gasteiger partial charge is 0.414 e. The fourth-order valence-corrected chi connectivity index (χ4v) is 7.91. The third kappa shape index (κ3) is 8.49. The van der Waals surface area contributed by atoms with E-state index in [1.165, 1.54) is 37.3 Å². The van der Waals surface area contributed by atoms with Crippen LogP contribution in [0.15, 0.2) is 67.0 Å². The number of rotatable bonds is 12. The number of alkyl halides is 2. The highest BCUT2D eigenvalue weighted by Crippen LogP contribution is 2.37. The Morgan fingerprint density at radius 1 is 1.00 bits per heavy atom. The molecule has 0 spiro atoms. The first kappa shape index (κ1) is 36.6. The summed E-state index contributed by atoms with van der Waals surface area (Å²) in [5.41, 5.74) is 0.965. The van der Waals surface area contributed by atoms with Gasteiger partial charge in [-0.15, -0.1) is 11.3 Å². The molecule has 10 nitrogen and oxygen atoms in total. The first-order valence-electron chi connectivity index (χ1n) is 16.2. The Bertz CT molecular complexity index is 1870. The van der Waals surface area contributed by atoms with Crippen LogP contribution in [0.2, 0.25) is 10.0 Å². The van der Waals surface area contributed by atoms with Crippen molar-refractivity contribution in [1.82, 2.24) is 4.90 Å². The lowest BCUT2D eigenvalue weighted by Gasteiger charge is -2.44. The van der Waals surface area contributed by atoms with Gasteiger partial charge < -0.3 is 24.2 Å². The number of benzene rings is 2. The fraction of sp³-hybridized carbons (Fsp3) is 0.361. The van der Waals surface area contributed by atoms with E-state index >= 15 is 0 Å². The number of thiophene rings is 1. The number of anilines is 1. The van der Waals surface area contributed by atoms with Gasteiger partial charge in [0.25, 0.3) is 6.43 Å². The van der Waals surface area contributed by atoms with Crippen molar-refractivity contribution in [3.05, 3.63) is 109 Å². The van der Waals surface area contributed by atoms with Gasteiger partial charge in [0.1, 0.15) is 27.1 Å². The molecular formula is C36H35Cl2F2N3O7S. The molecule has 2 bridgehead atoms. The number of hydrogen-bond donors (Lipinski definition) is 0. The number of carbonyl (C=O) groups is 2. The predicted molar refractivity (Wildman–Crippen MR) is 188 cm³/mol. The number of piperidine rings is 3. The first-order valence-corrected chi connectivity index (χ1v) is 17.8. The molecule has 3 aliphatic heterocycles. The summed E-state index contributed by atoms with van der Waals surface area (Å²) in [6.07, 6.45) is -0.397. The maximum atomic E-state index is 13.7. The summed E-state index contributed by atoms with van der Waals surface area (Å²) in [4.78, 5) is 31.8. The second kappa shape index (κ2) is 16.0. The van der Waals surface area contributed by atoms with Gasteiger partial charge in [-0.25, -0.2) is 18.4 Å². The van der Waals surface area contributed by atoms with E-state index in [4.69, 9.17) is 42.1 Å². The van der Waals surface area contributed by atoms with Gasteiger partial charge >= 0.3 is 12.1 Å². The van der Waals surface area contributed by atoms with Crippen LogP contribution in [0.4, 0.5) is 19.3 Å². The number of nitrogens with zero attached hydrogens (tertiary/aromatic N) is 3. The summed E-state index contributed by atoms with van der Waals surface area (Å²) >= 11 is 13.9. The molecule has 3 aliphatic rings. The van der Waals surface area contributed by atoms with Gasteiger partial charge in [0.05, 0.1) is 20.8 Å². The van der Waals surface area contributed by atoms with E-state index in [9.17, 15) is 23.6 Å². The molecule has 0 N–H and O–H groups in total. The molecule has 270 valence electrons. The molecule has 4 aromatic rings. The van der Waals surface area contributed by atoms with Crippen molar-refractivity contribution in [2.75, 3.05) is 38.8 Å². The fourth-order valence-electron chi connectivity index (χ4n) is 6.43. The van der Waals surface area contributed by atoms with Crippen molar-refractivity contribution < 1.29 is 42.0 Å². The third-order valence-electron chi connectivity index (χ3n) is 9.16. The topological polar surface area (TPSA) is 104 Å². The maximum absolute atomic E-state index is 13.7. The highest BCUT2D eigenvalue weighted by molar-refractivity contribution is 7.14. The molecule has 3 saturated heterocycles. The van der Waals surface area contributed by atoms with Gasteiger partial charge in [-0.3, -0.25) is 9.80 Å². The summed E-state index contributed by atoms with van der Waals surface area (Å²) in [6, 6.07) is 13.9. The molecule has 1 unspecified atom stereocenters. The number of carbonyl (C=O) groups excluding carboxylic acids is 2. The quantitative estimate of drug-likeness (QED) is 0.0813. The van der Waals surface area contributed by atoms with Crippen LogP contribution in [0.25, 0.3) is 0 Å². The molecule has 5 heterocycles. The van der Waals surface area contributed by atoms with Gasteiger partial charge in [-0.1, -0.05) is 41.4 Å². The highest BCUT2D eigenvalue weighted by Gasteiger charge is 2.38. The summed E-state index contributed by atoms with van der Waals surface area (Å²) in [5.74, 6) is 0.442. The third-order valence-corrected chi connectivity index (χ3v) is 10.9. The summed E-state index contributed by atoms with van der Waals surface area (Å²) in [7, 11) is 2.98. The molecule has 0 radical (unpaired) electrons. The molecule has 3 fully saturated rings. The Labute approximate surface area is 307 Å². The number of ether oxygens (including phenoxy) is 4. The van der Waals surface area contributed by atoms with Gasteiger partial charge in [-0.05, 0) is 73.8 Å². The molecule has 15 heteroatoms. The molecule has 1 amide bonds. The SMILES string of the molecule is COc1ccc(C(Cc2c(Cl)c[n+]([O-])cc2Cl)OC(=O)c2ccc(CN(C(=O)O[C@H]3CN4CCC3CC4)c3cccc(C(F)F)c3)s2)cc1OC. The number of halogens is 4. The summed E-state index contributed by atoms with van der Waals surface area (Å²) < 4.78 is 50.7. The van der Waals surface area contributed by atoms with Crippen molar-refractivity contribution in [1.29, 1.82) is 0 Å². The van der Waals surface area contributed by atoms with Crippen molar-refractivity contribution in [2.45, 2.75) is 44.4 Å². The number of esters is 1. The van der Waals surface area contributed by atoms with Crippen LogP contribution < -0.4 is 19.1 Å². The van der Waals surface area contributed by atoms with Crippen LogP contribution in [-0.2, 0) is 22.4 Å². The van der Waals surface area contributed by atoms with E-state index in [1.54, 1.807) is 36.4 Å². The average molecular weight is 763 g/mol. The van der Waals surface area contributed by atoms with Crippen LogP contribution >= 0.6 is 34.5 Å². The number of fused-ring (bicyclic) bond motifs is 3. The zero-order chi connectivity index (χ0) is 36.2. The minimum atomic E-state index is -2.73. The lowest BCUT2D eigenvalue weighted by atomic mass is 9.86. The Kier molecular flexibility index (Phi) is 11.5. The number of hydrogen-bond acceptors (Lipinski definition) is 9. The molecule has 2 atom stereocenters. The Morgan fingerprint density at radius 3 is 2.37 bits per heavy atom. The van der Waals surface area contributed by atoms with E-state index in [-0.39, 0.29) is 51.2 Å². The van der Waals surface area contributed by atoms with Gasteiger partial charge in [-0.2, -0.15) is 4.73 Å². The molecule has 0 saturated carbocycles. The molecule has 7 rings (SSSR count). The lowest BCUT2D eigenvalue weighted by molar-refractivity contribution is -0.605. The number of methoxy groups -OCH3 is 2. The first-order chi connectivity index (χ1) is 24.5. The normalized spacial score (nSPS) is 18.7. The standard InChI is InChI=1S/C36H35Cl2F2N3O7S/c1-47-29-8-6-22(15-31(29)48-2)30(16-26-27(37)18-42(46)19-28(26)38)49-35(44)33-9-7-25(51-33)17-43(24-5-3-4-23(14-24)34(39)40)36(45)50-32-20-41-12-10-21(32)11-13-41/h3-9,14-15,18-19,21,30,32,34H,10-13,16-17,20H2,1-2H3/t30?,32-/m0/s1. The minimum absolute atomic E-state index is 0.0254. The van der Waals surface area contributed by atoms with Crippen LogP contribution in [0.1, 0.15) is 56.6 Å². The predicted octanol–water partition coefficient (Wildman–Crippen LogP) is 8.02. The maximum Gasteiger partial charge on any atom is 0.414 e. The van der Waals surface area contributed by atoms with Gasteiger partial charge in [0.15, 0.2) is 23.9 Å². The molecule has 51 heavy (non-hydrogen) atoms. The summed E-state index contributed by atoms with van der Waals surface area (Å²) in [6.45, 7) is 2.53. The van der Waals surface area contributed by atoms with Crippen molar-refractivity contribution in [3.63, 3.8) is 0 Å². The lowest BCUT2D eigenvalue weighted by Crippen LogP contribution is -2.53. The second-order valence-electron chi connectivity index (χ2n) is 12.3. The van der Waals surface area contributed by atoms with E-state index in [2.05, 4.69) is 4.90 Å². The van der Waals surface area contributed by atoms with Gasteiger partial charge in [0.2, 0.25) is 0 Å². The molecule has 2 aromatic carbocycles. The monoisotopic (exact) mass is 761 g/mol. The van der Waals surface area contributed by atoms with Crippen LogP contribution in [0.5, 0.6) is 11.5 Å². The van der Waals surface area contributed by atoms with E-state index in [0.29, 0.717) is 38.8 Å². The molecule has 2 aromatic heterocycles. The second-order valence-corrected chi connectivity index (χ2v) is 14.3. The van der Waals surface area contributed by atoms with Crippen molar-refractivity contribution >= 4 is 52.3 Å². The highest BCUT2D eigenvalue weighted by atomic mass is 35.5. The number of amides is 1. The molecule has 0 aliphatic carbocycles. The summed E-state index contributed by atoms with van der Waals surface area (Å²) in [5, 5.41) is 12.1. The zero-order valence-corrected chi connectivity index (χ0v) is 30.1. The van der Waals surface area contributed by atoms with E-state index in [0.717, 1.165) is 49.7 Å². The van der Waals surface area contributed by atoms with Crippen molar-refractivity contribution in [2.24, 2.45) is 5.92 Å². The van der Waals surface area contributed by atoms with Crippen LogP contribution in [0.3, 0.4) is 0 Å². The van der Waals surface area contributed by atoms with E-state index in [1.807, 2.05) is 0 Å². The van der Waals surface area contributed by atoms with Crippen molar-refractivity contribution in [3.8, 4) is 11.5 Å². The average Bonchev–Trinajstić information content (AvgIpc) is 3.60.